The van der Waals surface area contributed by atoms with E-state index < -0.39 is 5.97 Å². The molecule has 0 aliphatic rings. The van der Waals surface area contributed by atoms with Crippen molar-refractivity contribution in [2.75, 3.05) is 0 Å². The second-order valence-electron chi connectivity index (χ2n) is 4.73. The molecule has 100 valence electrons. The average molecular weight is 267 g/mol. The topological polar surface area (TPSA) is 67.5 Å². The number of aromatic carboxylic acids is 1. The number of hydrogen-bond donors (Lipinski definition) is 1. The van der Waals surface area contributed by atoms with Gasteiger partial charge in [-0.1, -0.05) is 29.8 Å². The maximum absolute atomic E-state index is 11.1. The second kappa shape index (κ2) is 4.45. The number of rotatable bonds is 2. The quantitative estimate of drug-likeness (QED) is 0.775. The Morgan fingerprint density at radius 1 is 1.20 bits per heavy atom. The lowest BCUT2D eigenvalue weighted by Gasteiger charge is -2.02. The Bertz CT molecular complexity index is 804. The molecule has 0 unspecified atom stereocenters. The minimum absolute atomic E-state index is 0.163. The van der Waals surface area contributed by atoms with Gasteiger partial charge in [-0.15, -0.1) is 0 Å². The van der Waals surface area contributed by atoms with Gasteiger partial charge in [0.25, 0.3) is 0 Å². The first-order valence-electron chi connectivity index (χ1n) is 6.22. The summed E-state index contributed by atoms with van der Waals surface area (Å²) in [5.41, 5.74) is 4.32. The molecule has 20 heavy (non-hydrogen) atoms. The van der Waals surface area contributed by atoms with E-state index in [2.05, 4.69) is 10.1 Å². The van der Waals surface area contributed by atoms with Crippen LogP contribution in [0.25, 0.3) is 16.9 Å². The van der Waals surface area contributed by atoms with Crippen molar-refractivity contribution < 1.29 is 9.90 Å². The van der Waals surface area contributed by atoms with Crippen LogP contribution in [0.5, 0.6) is 0 Å². The Morgan fingerprint density at radius 3 is 2.55 bits per heavy atom. The molecule has 5 heteroatoms. The number of hydrogen-bond acceptors (Lipinski definition) is 3. The monoisotopic (exact) mass is 267 g/mol. The molecule has 0 amide bonds. The van der Waals surface area contributed by atoms with Gasteiger partial charge in [-0.2, -0.15) is 5.10 Å². The van der Waals surface area contributed by atoms with Gasteiger partial charge in [0.05, 0.1) is 17.0 Å². The van der Waals surface area contributed by atoms with E-state index in [1.165, 1.54) is 11.8 Å². The summed E-state index contributed by atoms with van der Waals surface area (Å²) >= 11 is 0. The van der Waals surface area contributed by atoms with Gasteiger partial charge >= 0.3 is 5.97 Å². The standard InChI is InChI=1S/C15H13N3O2/c1-9-3-5-11(6-4-9)13-7-14-16-8-12(15(19)20)10(2)18(14)17-13/h3-8H,1-2H3,(H,19,20). The van der Waals surface area contributed by atoms with Crippen LogP contribution in [-0.4, -0.2) is 25.7 Å². The van der Waals surface area contributed by atoms with E-state index in [0.29, 0.717) is 11.3 Å². The van der Waals surface area contributed by atoms with E-state index in [0.717, 1.165) is 11.3 Å². The van der Waals surface area contributed by atoms with Crippen molar-refractivity contribution in [1.82, 2.24) is 14.6 Å². The van der Waals surface area contributed by atoms with Gasteiger partial charge in [0.2, 0.25) is 0 Å². The molecular formula is C15H13N3O2. The van der Waals surface area contributed by atoms with E-state index in [9.17, 15) is 4.79 Å². The van der Waals surface area contributed by atoms with Gasteiger partial charge in [-0.05, 0) is 13.8 Å². The highest BCUT2D eigenvalue weighted by atomic mass is 16.4. The van der Waals surface area contributed by atoms with E-state index in [-0.39, 0.29) is 5.56 Å². The number of carboxylic acid groups (broad SMARTS) is 1. The lowest BCUT2D eigenvalue weighted by Crippen LogP contribution is -2.06. The number of benzene rings is 1. The molecule has 3 aromatic rings. The van der Waals surface area contributed by atoms with E-state index in [4.69, 9.17) is 5.11 Å². The molecule has 0 aliphatic carbocycles. The molecule has 0 bridgehead atoms. The lowest BCUT2D eigenvalue weighted by molar-refractivity contribution is 0.0695. The predicted octanol–water partition coefficient (Wildman–Crippen LogP) is 2.71. The Balaban J connectivity index is 2.18. The van der Waals surface area contributed by atoms with Crippen LogP contribution in [-0.2, 0) is 0 Å². The lowest BCUT2D eigenvalue weighted by atomic mass is 10.1. The van der Waals surface area contributed by atoms with Crippen molar-refractivity contribution in [1.29, 1.82) is 0 Å². The fraction of sp³-hybridized carbons (Fsp3) is 0.133. The predicted molar refractivity (Wildman–Crippen MR) is 74.9 cm³/mol. The van der Waals surface area contributed by atoms with Crippen LogP contribution in [0.4, 0.5) is 0 Å². The number of fused-ring (bicyclic) bond motifs is 1. The summed E-state index contributed by atoms with van der Waals surface area (Å²) in [5, 5.41) is 13.5. The summed E-state index contributed by atoms with van der Waals surface area (Å²) in [5.74, 6) is -0.996. The number of nitrogens with zero attached hydrogens (tertiary/aromatic N) is 3. The fourth-order valence-corrected chi connectivity index (χ4v) is 2.12. The molecule has 0 spiro atoms. The summed E-state index contributed by atoms with van der Waals surface area (Å²) in [6, 6.07) is 9.86. The Kier molecular flexibility index (Phi) is 2.75. The highest BCUT2D eigenvalue weighted by molar-refractivity contribution is 5.88. The summed E-state index contributed by atoms with van der Waals surface area (Å²) in [7, 11) is 0. The van der Waals surface area contributed by atoms with Crippen molar-refractivity contribution in [3.8, 4) is 11.3 Å². The van der Waals surface area contributed by atoms with Gasteiger partial charge in [-0.25, -0.2) is 14.3 Å². The molecule has 0 atom stereocenters. The summed E-state index contributed by atoms with van der Waals surface area (Å²) < 4.78 is 1.57. The minimum atomic E-state index is -0.996. The summed E-state index contributed by atoms with van der Waals surface area (Å²) in [6.45, 7) is 3.75. The highest BCUT2D eigenvalue weighted by Gasteiger charge is 2.13. The molecule has 0 aliphatic heterocycles. The van der Waals surface area contributed by atoms with Crippen LogP contribution in [0.3, 0.4) is 0 Å². The molecule has 1 N–H and O–H groups in total. The maximum atomic E-state index is 11.1. The zero-order valence-corrected chi connectivity index (χ0v) is 11.2. The van der Waals surface area contributed by atoms with Crippen LogP contribution < -0.4 is 0 Å². The van der Waals surface area contributed by atoms with Crippen molar-refractivity contribution in [3.05, 3.63) is 53.3 Å². The van der Waals surface area contributed by atoms with Gasteiger partial charge in [0.15, 0.2) is 5.65 Å². The molecule has 0 saturated carbocycles. The molecule has 0 radical (unpaired) electrons. The maximum Gasteiger partial charge on any atom is 0.339 e. The molecule has 0 fully saturated rings. The van der Waals surface area contributed by atoms with Gasteiger partial charge in [0.1, 0.15) is 0 Å². The largest absolute Gasteiger partial charge is 0.478 e. The number of aryl methyl sites for hydroxylation is 2. The third-order valence-corrected chi connectivity index (χ3v) is 3.30. The highest BCUT2D eigenvalue weighted by Crippen LogP contribution is 2.21. The zero-order chi connectivity index (χ0) is 14.3. The zero-order valence-electron chi connectivity index (χ0n) is 11.2. The Hall–Kier alpha value is -2.69. The molecular weight excluding hydrogens is 254 g/mol. The molecule has 2 heterocycles. The molecule has 0 saturated heterocycles. The van der Waals surface area contributed by atoms with Crippen molar-refractivity contribution in [3.63, 3.8) is 0 Å². The van der Waals surface area contributed by atoms with E-state index in [1.54, 1.807) is 11.4 Å². The van der Waals surface area contributed by atoms with E-state index >= 15 is 0 Å². The van der Waals surface area contributed by atoms with Crippen LogP contribution in [0.2, 0.25) is 0 Å². The van der Waals surface area contributed by atoms with Crippen LogP contribution in [0.15, 0.2) is 36.5 Å². The number of carbonyl (C=O) groups is 1. The second-order valence-corrected chi connectivity index (χ2v) is 4.73. The molecule has 5 nitrogen and oxygen atoms in total. The first kappa shape index (κ1) is 12.3. The van der Waals surface area contributed by atoms with Crippen molar-refractivity contribution >= 4 is 11.6 Å². The summed E-state index contributed by atoms with van der Waals surface area (Å²) in [4.78, 5) is 15.2. The summed E-state index contributed by atoms with van der Waals surface area (Å²) in [6.07, 6.45) is 1.37. The molecule has 2 aromatic heterocycles. The first-order valence-corrected chi connectivity index (χ1v) is 6.22. The number of carboxylic acids is 1. The van der Waals surface area contributed by atoms with Crippen molar-refractivity contribution in [2.45, 2.75) is 13.8 Å². The third kappa shape index (κ3) is 1.93. The van der Waals surface area contributed by atoms with Crippen molar-refractivity contribution in [2.24, 2.45) is 0 Å². The Morgan fingerprint density at radius 2 is 1.90 bits per heavy atom. The normalized spacial score (nSPS) is 10.9. The Labute approximate surface area is 115 Å². The van der Waals surface area contributed by atoms with Crippen LogP contribution in [0.1, 0.15) is 21.6 Å². The first-order chi connectivity index (χ1) is 9.56. The van der Waals surface area contributed by atoms with Crippen LogP contribution in [0, 0.1) is 13.8 Å². The minimum Gasteiger partial charge on any atom is -0.478 e. The van der Waals surface area contributed by atoms with Gasteiger partial charge in [0, 0.05) is 17.8 Å². The third-order valence-electron chi connectivity index (χ3n) is 3.30. The smallest absolute Gasteiger partial charge is 0.339 e. The average Bonchev–Trinajstić information content (AvgIpc) is 2.84. The number of aromatic nitrogens is 3. The molecule has 1 aromatic carbocycles. The van der Waals surface area contributed by atoms with Gasteiger partial charge < -0.3 is 5.11 Å². The molecule has 3 rings (SSSR count). The van der Waals surface area contributed by atoms with Gasteiger partial charge in [-0.3, -0.25) is 0 Å². The van der Waals surface area contributed by atoms with E-state index in [1.807, 2.05) is 37.3 Å². The fourth-order valence-electron chi connectivity index (χ4n) is 2.12. The SMILES string of the molecule is Cc1ccc(-c2cc3ncc(C(=O)O)c(C)n3n2)cc1. The van der Waals surface area contributed by atoms with Crippen LogP contribution >= 0.6 is 0 Å².